The molecule has 10 nitrogen and oxygen atoms in total. The smallest absolute Gasteiger partial charge is 0.248 e. The summed E-state index contributed by atoms with van der Waals surface area (Å²) in [7, 11) is 0. The number of nitrogens with zero attached hydrogens (tertiary/aromatic N) is 4. The molecule has 4 aromatic carbocycles. The van der Waals surface area contributed by atoms with E-state index in [0.717, 1.165) is 129 Å². The number of pyridine rings is 2. The normalized spacial score (nSPS) is 23.0. The van der Waals surface area contributed by atoms with Crippen LogP contribution >= 0.6 is 24.4 Å². The number of ether oxygens (including phenoxy) is 2. The van der Waals surface area contributed by atoms with E-state index < -0.39 is 0 Å². The van der Waals surface area contributed by atoms with Gasteiger partial charge in [0.05, 0.1) is 24.2 Å². The molecule has 0 radical (unpaired) electrons. The van der Waals surface area contributed by atoms with Crippen molar-refractivity contribution in [3.8, 4) is 11.5 Å². The zero-order valence-electron chi connectivity index (χ0n) is 35.8. The van der Waals surface area contributed by atoms with E-state index in [2.05, 4.69) is 77.7 Å². The molecule has 6 aromatic rings. The number of aromatic amines is 2. The lowest BCUT2D eigenvalue weighted by atomic mass is 9.67. The van der Waals surface area contributed by atoms with Crippen molar-refractivity contribution in [2.75, 3.05) is 88.5 Å². The summed E-state index contributed by atoms with van der Waals surface area (Å²) in [6, 6.07) is 32.5. The quantitative estimate of drug-likeness (QED) is 0.0698. The second kappa shape index (κ2) is 17.3. The first-order valence-corrected chi connectivity index (χ1v) is 24.3. The van der Waals surface area contributed by atoms with Crippen molar-refractivity contribution in [3.63, 3.8) is 0 Å². The van der Waals surface area contributed by atoms with E-state index in [0.29, 0.717) is 35.7 Å². The van der Waals surface area contributed by atoms with Crippen molar-refractivity contribution in [1.29, 1.82) is 0 Å². The minimum Gasteiger partial charge on any atom is -0.494 e. The Morgan fingerprint density at radius 3 is 1.78 bits per heavy atom. The molecule has 326 valence electrons. The van der Waals surface area contributed by atoms with Crippen molar-refractivity contribution in [1.82, 2.24) is 19.8 Å². The summed E-state index contributed by atoms with van der Waals surface area (Å²) < 4.78 is 12.1. The SMILES string of the molecule is O=c1ccc2ccc(OCCCCN3CCN(c4cccc(S)c4C4C5CC56c5c(cccc5N5CCN(CCCCOc7ccc8ccc(=O)[nH]c8c7)CC5)SC46)CC3)cc2[nH]1. The number of nitrogens with one attached hydrogen (secondary N) is 2. The minimum atomic E-state index is -0.0937. The average Bonchev–Trinajstić information content (AvgIpc) is 3.87. The zero-order chi connectivity index (χ0) is 42.5. The number of thiol groups is 1. The first-order valence-electron chi connectivity index (χ1n) is 23.0. The molecule has 2 saturated carbocycles. The van der Waals surface area contributed by atoms with Gasteiger partial charge in [-0.15, -0.1) is 24.4 Å². The molecule has 0 amide bonds. The van der Waals surface area contributed by atoms with Gasteiger partial charge in [0.1, 0.15) is 11.5 Å². The molecule has 4 fully saturated rings. The molecule has 3 aliphatic heterocycles. The lowest BCUT2D eigenvalue weighted by Gasteiger charge is -2.45. The lowest BCUT2D eigenvalue weighted by Crippen LogP contribution is -2.48. The average molecular weight is 881 g/mol. The number of anilines is 2. The van der Waals surface area contributed by atoms with Crippen LogP contribution in [0.5, 0.6) is 11.5 Å². The summed E-state index contributed by atoms with van der Waals surface area (Å²) in [6.45, 7) is 12.1. The topological polar surface area (TPSA) is 97.1 Å². The first kappa shape index (κ1) is 40.9. The molecule has 1 spiro atoms. The van der Waals surface area contributed by atoms with Crippen molar-refractivity contribution in [3.05, 3.63) is 129 Å². The highest BCUT2D eigenvalue weighted by Crippen LogP contribution is 2.83. The van der Waals surface area contributed by atoms with E-state index in [4.69, 9.17) is 22.1 Å². The van der Waals surface area contributed by atoms with Gasteiger partial charge < -0.3 is 29.2 Å². The molecule has 2 saturated heterocycles. The highest BCUT2D eigenvalue weighted by Gasteiger charge is 2.78. The van der Waals surface area contributed by atoms with Crippen LogP contribution < -0.4 is 30.4 Å². The van der Waals surface area contributed by atoms with Gasteiger partial charge in [0.2, 0.25) is 11.1 Å². The summed E-state index contributed by atoms with van der Waals surface area (Å²) in [5.74, 6) is 2.83. The highest BCUT2D eigenvalue weighted by molar-refractivity contribution is 8.00. The van der Waals surface area contributed by atoms with Crippen LogP contribution in [0.15, 0.2) is 116 Å². The zero-order valence-corrected chi connectivity index (χ0v) is 37.5. The van der Waals surface area contributed by atoms with E-state index in [9.17, 15) is 9.59 Å². The lowest BCUT2D eigenvalue weighted by molar-refractivity contribution is 0.238. The third-order valence-corrected chi connectivity index (χ3v) is 16.5. The number of thioether (sulfide) groups is 1. The van der Waals surface area contributed by atoms with E-state index in [-0.39, 0.29) is 11.1 Å². The van der Waals surface area contributed by atoms with Gasteiger partial charge in [0.15, 0.2) is 0 Å². The predicted molar refractivity (Wildman–Crippen MR) is 258 cm³/mol. The van der Waals surface area contributed by atoms with Crippen molar-refractivity contribution >= 4 is 57.6 Å². The fourth-order valence-electron chi connectivity index (χ4n) is 11.2. The van der Waals surface area contributed by atoms with E-state index in [1.54, 1.807) is 17.7 Å². The third kappa shape index (κ3) is 7.91. The first-order chi connectivity index (χ1) is 30.9. The van der Waals surface area contributed by atoms with Crippen LogP contribution in [0.25, 0.3) is 21.8 Å². The summed E-state index contributed by atoms with van der Waals surface area (Å²) in [6.07, 6.45) is 5.50. The molecular formula is C51H56N6O4S2. The number of piperazine rings is 2. The maximum Gasteiger partial charge on any atom is 0.248 e. The van der Waals surface area contributed by atoms with Crippen LogP contribution in [-0.4, -0.2) is 104 Å². The third-order valence-electron chi connectivity index (χ3n) is 14.5. The monoisotopic (exact) mass is 880 g/mol. The summed E-state index contributed by atoms with van der Waals surface area (Å²) in [4.78, 5) is 42.5. The minimum absolute atomic E-state index is 0.0919. The molecule has 2 aliphatic carbocycles. The Hall–Kier alpha value is -4.88. The molecule has 2 aromatic heterocycles. The van der Waals surface area contributed by atoms with Gasteiger partial charge in [-0.3, -0.25) is 19.4 Å². The second-order valence-corrected chi connectivity index (χ2v) is 19.9. The standard InChI is InChI=1S/C51H56N6O4S2/c58-45-17-13-34-11-15-36(31-39(34)52-45)60-29-3-1-19-54-21-25-56(26-22-54)41-7-5-9-43(62)48(41)47-38-33-51(38)49-42(8-6-10-44(49)63-50(47)51)57-27-23-55(24-28-57)20-2-4-30-61-37-16-12-35-14-18-46(59)53-40(35)32-37/h5-18,31-32,38,47,50,62H,1-4,19-30,33H2,(H,52,58)(H,53,59). The molecule has 11 rings (SSSR count). The number of unbranched alkanes of at least 4 members (excludes halogenated alkanes) is 2. The molecule has 5 heterocycles. The van der Waals surface area contributed by atoms with Gasteiger partial charge in [-0.1, -0.05) is 12.1 Å². The van der Waals surface area contributed by atoms with Gasteiger partial charge in [-0.05, 0) is 134 Å². The molecule has 5 aliphatic rings. The molecule has 2 N–H and O–H groups in total. The number of hydrogen-bond donors (Lipinski definition) is 3. The fraction of sp³-hybridized carbons (Fsp3) is 0.412. The largest absolute Gasteiger partial charge is 0.494 e. The van der Waals surface area contributed by atoms with Crippen LogP contribution in [-0.2, 0) is 5.41 Å². The number of benzene rings is 4. The van der Waals surface area contributed by atoms with Gasteiger partial charge in [0, 0.05) is 114 Å². The Bertz CT molecular complexity index is 2760. The molecule has 63 heavy (non-hydrogen) atoms. The highest BCUT2D eigenvalue weighted by atomic mass is 32.2. The Labute approximate surface area is 378 Å². The van der Waals surface area contributed by atoms with Gasteiger partial charge >= 0.3 is 0 Å². The van der Waals surface area contributed by atoms with Gasteiger partial charge in [-0.2, -0.15) is 0 Å². The molecule has 0 bridgehead atoms. The summed E-state index contributed by atoms with van der Waals surface area (Å²) in [5, 5.41) is 2.59. The molecule has 4 unspecified atom stereocenters. The number of H-pyrrole nitrogens is 2. The van der Waals surface area contributed by atoms with Gasteiger partial charge in [-0.25, -0.2) is 0 Å². The Morgan fingerprint density at radius 1 is 0.635 bits per heavy atom. The second-order valence-electron chi connectivity index (χ2n) is 18.2. The number of aromatic nitrogens is 2. The van der Waals surface area contributed by atoms with E-state index >= 15 is 0 Å². The van der Waals surface area contributed by atoms with Crippen LogP contribution in [0.1, 0.15) is 49.1 Å². The van der Waals surface area contributed by atoms with Crippen molar-refractivity contribution in [2.45, 2.75) is 58.5 Å². The maximum absolute atomic E-state index is 11.7. The number of fused-ring (bicyclic) bond motifs is 3. The number of hydrogen-bond acceptors (Lipinski definition) is 10. The Kier molecular flexibility index (Phi) is 11.2. The van der Waals surface area contributed by atoms with E-state index in [1.165, 1.54) is 28.3 Å². The summed E-state index contributed by atoms with van der Waals surface area (Å²) >= 11 is 7.32. The Morgan fingerprint density at radius 2 is 1.17 bits per heavy atom. The molecular weight excluding hydrogens is 825 g/mol. The maximum atomic E-state index is 11.7. The predicted octanol–water partition coefficient (Wildman–Crippen LogP) is 8.15. The van der Waals surface area contributed by atoms with Gasteiger partial charge in [0.25, 0.3) is 0 Å². The van der Waals surface area contributed by atoms with Crippen molar-refractivity contribution < 1.29 is 9.47 Å². The number of rotatable bonds is 15. The molecule has 12 heteroatoms. The molecule has 4 atom stereocenters. The Balaban J connectivity index is 0.657. The van der Waals surface area contributed by atoms with Crippen LogP contribution in [0, 0.1) is 5.92 Å². The van der Waals surface area contributed by atoms with Crippen LogP contribution in [0.4, 0.5) is 11.4 Å². The van der Waals surface area contributed by atoms with Crippen LogP contribution in [0.2, 0.25) is 0 Å². The van der Waals surface area contributed by atoms with E-state index in [1.807, 2.05) is 48.5 Å². The van der Waals surface area contributed by atoms with Crippen molar-refractivity contribution in [2.24, 2.45) is 5.92 Å². The van der Waals surface area contributed by atoms with Crippen LogP contribution in [0.3, 0.4) is 0 Å². The fourth-order valence-corrected chi connectivity index (χ4v) is 13.5. The summed E-state index contributed by atoms with van der Waals surface area (Å²) in [5.41, 5.74) is 7.78.